The zero-order valence-corrected chi connectivity index (χ0v) is 12.7. The Bertz CT molecular complexity index is 364. The molecule has 2 rings (SSSR count). The van der Waals surface area contributed by atoms with Gasteiger partial charge in [0.15, 0.2) is 0 Å². The Hall–Kier alpha value is -0.320. The van der Waals surface area contributed by atoms with Crippen LogP contribution in [0.3, 0.4) is 0 Å². The molecule has 0 saturated carbocycles. The molecule has 1 aromatic heterocycles. The molecule has 2 N–H and O–H groups in total. The molecule has 0 amide bonds. The lowest BCUT2D eigenvalue weighted by Crippen LogP contribution is -2.44. The molecule has 2 heterocycles. The number of nitrogens with zero attached hydrogens (tertiary/aromatic N) is 1. The molecule has 1 aliphatic heterocycles. The molecule has 0 bridgehead atoms. The maximum absolute atomic E-state index is 6.00. The predicted octanol–water partition coefficient (Wildman–Crippen LogP) is 3.70. The van der Waals surface area contributed by atoms with Gasteiger partial charge < -0.3 is 10.2 Å². The van der Waals surface area contributed by atoms with Gasteiger partial charge >= 0.3 is 0 Å². The summed E-state index contributed by atoms with van der Waals surface area (Å²) in [6.07, 6.45) is 8.14. The van der Waals surface area contributed by atoms with Crippen LogP contribution in [0.1, 0.15) is 50.8 Å². The molecular weight excluding hydrogens is 292 g/mol. The van der Waals surface area contributed by atoms with Crippen molar-refractivity contribution in [1.82, 2.24) is 4.90 Å². The van der Waals surface area contributed by atoms with Gasteiger partial charge in [-0.1, -0.05) is 19.8 Å². The summed E-state index contributed by atoms with van der Waals surface area (Å²) >= 11 is 3.56. The second-order valence-electron chi connectivity index (χ2n) is 5.06. The number of rotatable bonds is 5. The van der Waals surface area contributed by atoms with Gasteiger partial charge in [0.25, 0.3) is 0 Å². The smallest absolute Gasteiger partial charge is 0.136 e. The topological polar surface area (TPSA) is 42.4 Å². The van der Waals surface area contributed by atoms with Gasteiger partial charge in [0.2, 0.25) is 0 Å². The highest BCUT2D eigenvalue weighted by molar-refractivity contribution is 9.10. The predicted molar refractivity (Wildman–Crippen MR) is 77.5 cm³/mol. The standard InChI is InChI=1S/C14H23BrN2O/c1-2-5-11-6-3-4-8-17(11)13(10-16)14-12(15)7-9-18-14/h7,9,11,13H,2-6,8,10,16H2,1H3. The van der Waals surface area contributed by atoms with Gasteiger partial charge in [0.1, 0.15) is 5.76 Å². The molecule has 2 atom stereocenters. The van der Waals surface area contributed by atoms with Crippen LogP contribution in [0, 0.1) is 0 Å². The van der Waals surface area contributed by atoms with Crippen molar-refractivity contribution in [1.29, 1.82) is 0 Å². The first-order chi connectivity index (χ1) is 8.77. The quantitative estimate of drug-likeness (QED) is 0.901. The molecule has 0 aliphatic carbocycles. The third-order valence-electron chi connectivity index (χ3n) is 3.87. The van der Waals surface area contributed by atoms with E-state index in [9.17, 15) is 0 Å². The van der Waals surface area contributed by atoms with Crippen molar-refractivity contribution in [3.05, 3.63) is 22.6 Å². The highest BCUT2D eigenvalue weighted by Crippen LogP contribution is 2.33. The molecule has 102 valence electrons. The Labute approximate surface area is 118 Å². The molecule has 0 aromatic carbocycles. The summed E-state index contributed by atoms with van der Waals surface area (Å²) in [5.41, 5.74) is 6.00. The molecule has 0 radical (unpaired) electrons. The molecule has 2 unspecified atom stereocenters. The van der Waals surface area contributed by atoms with Gasteiger partial charge in [0, 0.05) is 12.6 Å². The van der Waals surface area contributed by atoms with Crippen LogP contribution in [-0.2, 0) is 0 Å². The maximum atomic E-state index is 6.00. The Morgan fingerprint density at radius 1 is 1.56 bits per heavy atom. The van der Waals surface area contributed by atoms with Crippen molar-refractivity contribution in [2.75, 3.05) is 13.1 Å². The summed E-state index contributed by atoms with van der Waals surface area (Å²) in [6, 6.07) is 2.83. The molecule has 3 nitrogen and oxygen atoms in total. The molecule has 4 heteroatoms. The monoisotopic (exact) mass is 314 g/mol. The summed E-state index contributed by atoms with van der Waals surface area (Å²) in [7, 11) is 0. The fourth-order valence-electron chi connectivity index (χ4n) is 3.01. The van der Waals surface area contributed by atoms with Crippen LogP contribution in [0.2, 0.25) is 0 Å². The van der Waals surface area contributed by atoms with Crippen LogP contribution < -0.4 is 5.73 Å². The van der Waals surface area contributed by atoms with Gasteiger partial charge in [-0.15, -0.1) is 0 Å². The van der Waals surface area contributed by atoms with Crippen LogP contribution in [0.5, 0.6) is 0 Å². The van der Waals surface area contributed by atoms with Crippen LogP contribution in [-0.4, -0.2) is 24.0 Å². The van der Waals surface area contributed by atoms with E-state index in [-0.39, 0.29) is 6.04 Å². The zero-order valence-electron chi connectivity index (χ0n) is 11.1. The average molecular weight is 315 g/mol. The maximum Gasteiger partial charge on any atom is 0.136 e. The highest BCUT2D eigenvalue weighted by Gasteiger charge is 2.31. The van der Waals surface area contributed by atoms with E-state index < -0.39 is 0 Å². The van der Waals surface area contributed by atoms with Gasteiger partial charge in [-0.05, 0) is 47.8 Å². The van der Waals surface area contributed by atoms with Gasteiger partial charge in [0.05, 0.1) is 16.8 Å². The second kappa shape index (κ2) is 6.73. The van der Waals surface area contributed by atoms with E-state index in [1.165, 1.54) is 32.1 Å². The lowest BCUT2D eigenvalue weighted by molar-refractivity contribution is 0.0795. The molecule has 1 aromatic rings. The van der Waals surface area contributed by atoms with Crippen molar-refractivity contribution in [3.63, 3.8) is 0 Å². The van der Waals surface area contributed by atoms with Crippen molar-refractivity contribution < 1.29 is 4.42 Å². The molecule has 18 heavy (non-hydrogen) atoms. The van der Waals surface area contributed by atoms with E-state index in [2.05, 4.69) is 27.8 Å². The van der Waals surface area contributed by atoms with Crippen LogP contribution in [0.4, 0.5) is 0 Å². The summed E-state index contributed by atoms with van der Waals surface area (Å²) in [6.45, 7) is 4.01. The van der Waals surface area contributed by atoms with Gasteiger partial charge in [-0.25, -0.2) is 0 Å². The summed E-state index contributed by atoms with van der Waals surface area (Å²) in [5.74, 6) is 0.987. The minimum absolute atomic E-state index is 0.214. The van der Waals surface area contributed by atoms with Crippen molar-refractivity contribution in [3.8, 4) is 0 Å². The van der Waals surface area contributed by atoms with E-state index in [1.54, 1.807) is 6.26 Å². The van der Waals surface area contributed by atoms with Gasteiger partial charge in [-0.3, -0.25) is 4.90 Å². The molecule has 1 saturated heterocycles. The number of furan rings is 1. The lowest BCUT2D eigenvalue weighted by atomic mass is 9.95. The van der Waals surface area contributed by atoms with E-state index in [1.807, 2.05) is 6.07 Å². The first-order valence-corrected chi connectivity index (χ1v) is 7.76. The average Bonchev–Trinajstić information content (AvgIpc) is 2.79. The van der Waals surface area contributed by atoms with E-state index in [0.29, 0.717) is 12.6 Å². The van der Waals surface area contributed by atoms with Crippen molar-refractivity contribution in [2.24, 2.45) is 5.73 Å². The largest absolute Gasteiger partial charge is 0.466 e. The Kier molecular flexibility index (Phi) is 5.27. The minimum atomic E-state index is 0.214. The number of hydrogen-bond acceptors (Lipinski definition) is 3. The summed E-state index contributed by atoms with van der Waals surface area (Å²) in [4.78, 5) is 2.55. The Morgan fingerprint density at radius 3 is 3.00 bits per heavy atom. The van der Waals surface area contributed by atoms with Crippen LogP contribution in [0.25, 0.3) is 0 Å². The fraction of sp³-hybridized carbons (Fsp3) is 0.714. The first kappa shape index (κ1) is 14.1. The Balaban J connectivity index is 2.17. The number of hydrogen-bond donors (Lipinski definition) is 1. The van der Waals surface area contributed by atoms with Crippen molar-refractivity contribution >= 4 is 15.9 Å². The van der Waals surface area contributed by atoms with E-state index >= 15 is 0 Å². The zero-order chi connectivity index (χ0) is 13.0. The molecule has 1 fully saturated rings. The van der Waals surface area contributed by atoms with E-state index in [0.717, 1.165) is 16.8 Å². The molecule has 0 spiro atoms. The number of halogens is 1. The Morgan fingerprint density at radius 2 is 2.39 bits per heavy atom. The summed E-state index contributed by atoms with van der Waals surface area (Å²) < 4.78 is 6.67. The third kappa shape index (κ3) is 2.98. The highest BCUT2D eigenvalue weighted by atomic mass is 79.9. The lowest BCUT2D eigenvalue weighted by Gasteiger charge is -2.40. The van der Waals surface area contributed by atoms with Crippen molar-refractivity contribution in [2.45, 2.75) is 51.1 Å². The SMILES string of the molecule is CCCC1CCCCN1C(CN)c1occc1Br. The number of likely N-dealkylation sites (tertiary alicyclic amines) is 1. The van der Waals surface area contributed by atoms with Crippen LogP contribution in [0.15, 0.2) is 21.2 Å². The second-order valence-corrected chi connectivity index (χ2v) is 5.91. The molecular formula is C14H23BrN2O. The summed E-state index contributed by atoms with van der Waals surface area (Å²) in [5, 5.41) is 0. The normalized spacial score (nSPS) is 23.2. The van der Waals surface area contributed by atoms with E-state index in [4.69, 9.17) is 10.2 Å². The van der Waals surface area contributed by atoms with Gasteiger partial charge in [-0.2, -0.15) is 0 Å². The first-order valence-electron chi connectivity index (χ1n) is 6.96. The molecule has 1 aliphatic rings. The fourth-order valence-corrected chi connectivity index (χ4v) is 3.48. The minimum Gasteiger partial charge on any atom is -0.466 e. The van der Waals surface area contributed by atoms with Crippen LogP contribution >= 0.6 is 15.9 Å². The third-order valence-corrected chi connectivity index (χ3v) is 4.52. The number of nitrogens with two attached hydrogens (primary N) is 1. The number of piperidine rings is 1.